The third kappa shape index (κ3) is 1.51. The van der Waals surface area contributed by atoms with Gasteiger partial charge < -0.3 is 4.74 Å². The Morgan fingerprint density at radius 2 is 2.00 bits per heavy atom. The van der Waals surface area contributed by atoms with Crippen molar-refractivity contribution in [2.75, 3.05) is 0 Å². The van der Waals surface area contributed by atoms with Crippen LogP contribution in [-0.4, -0.2) is 35.0 Å². The van der Waals surface area contributed by atoms with Gasteiger partial charge in [0.15, 0.2) is 0 Å². The van der Waals surface area contributed by atoms with Crippen LogP contribution in [0.25, 0.3) is 0 Å². The van der Waals surface area contributed by atoms with E-state index in [1.165, 1.54) is 4.90 Å². The first kappa shape index (κ1) is 10.1. The van der Waals surface area contributed by atoms with Crippen LogP contribution in [0.4, 0.5) is 0 Å². The number of rotatable bonds is 2. The van der Waals surface area contributed by atoms with Crippen LogP contribution in [0.1, 0.15) is 26.2 Å². The quantitative estimate of drug-likeness (QED) is 0.608. The number of carbonyl (C=O) groups excluding carboxylic acids is 2. The average Bonchev–Trinajstić information content (AvgIpc) is 2.62. The molecular formula is C10H12N2O3. The minimum Gasteiger partial charge on any atom is -0.355 e. The third-order valence-electron chi connectivity index (χ3n) is 2.87. The molecule has 2 aliphatic rings. The molecule has 80 valence electrons. The number of morpholine rings is 1. The second-order valence-electron chi connectivity index (χ2n) is 3.95. The zero-order chi connectivity index (χ0) is 11.0. The zero-order valence-electron chi connectivity index (χ0n) is 8.47. The summed E-state index contributed by atoms with van der Waals surface area (Å²) in [6, 6.07) is 1.62. The van der Waals surface area contributed by atoms with Crippen LogP contribution in [0.15, 0.2) is 0 Å². The van der Waals surface area contributed by atoms with Crippen molar-refractivity contribution < 1.29 is 14.3 Å². The van der Waals surface area contributed by atoms with Gasteiger partial charge in [0.05, 0.1) is 18.5 Å². The summed E-state index contributed by atoms with van der Waals surface area (Å²) >= 11 is 0. The minimum atomic E-state index is -0.464. The number of likely N-dealkylation sites (tertiary alicyclic amines) is 1. The number of carbonyl (C=O) groups is 2. The van der Waals surface area contributed by atoms with Crippen molar-refractivity contribution in [2.45, 2.75) is 44.4 Å². The predicted octanol–water partition coefficient (Wildman–Crippen LogP) is 0.205. The van der Waals surface area contributed by atoms with Gasteiger partial charge in [0.25, 0.3) is 11.8 Å². The van der Waals surface area contributed by atoms with Crippen LogP contribution in [0.3, 0.4) is 0 Å². The Morgan fingerprint density at radius 3 is 2.47 bits per heavy atom. The molecule has 0 aromatic rings. The topological polar surface area (TPSA) is 70.4 Å². The maximum absolute atomic E-state index is 11.8. The highest BCUT2D eigenvalue weighted by Gasteiger charge is 2.47. The van der Waals surface area contributed by atoms with Crippen LogP contribution < -0.4 is 0 Å². The Kier molecular flexibility index (Phi) is 2.45. The molecule has 0 aromatic heterocycles. The van der Waals surface area contributed by atoms with Crippen molar-refractivity contribution in [3.05, 3.63) is 0 Å². The predicted molar refractivity (Wildman–Crippen MR) is 49.4 cm³/mol. The number of hydrogen-bond donors (Lipinski definition) is 0. The molecule has 0 aromatic carbocycles. The molecule has 15 heavy (non-hydrogen) atoms. The Bertz CT molecular complexity index is 325. The first-order chi connectivity index (χ1) is 7.15. The second-order valence-corrected chi connectivity index (χ2v) is 3.95. The zero-order valence-corrected chi connectivity index (χ0v) is 8.47. The molecule has 0 radical (unpaired) electrons. The molecule has 5 heteroatoms. The lowest BCUT2D eigenvalue weighted by Crippen LogP contribution is -2.55. The summed E-state index contributed by atoms with van der Waals surface area (Å²) in [6.45, 7) is 1.71. The van der Waals surface area contributed by atoms with Gasteiger partial charge in [0, 0.05) is 0 Å². The van der Waals surface area contributed by atoms with Gasteiger partial charge >= 0.3 is 0 Å². The van der Waals surface area contributed by atoms with Gasteiger partial charge in [0.1, 0.15) is 12.2 Å². The van der Waals surface area contributed by atoms with Crippen LogP contribution in [0.5, 0.6) is 0 Å². The molecule has 2 fully saturated rings. The first-order valence-electron chi connectivity index (χ1n) is 5.04. The largest absolute Gasteiger partial charge is 0.355 e. The molecule has 3 unspecified atom stereocenters. The molecular weight excluding hydrogens is 196 g/mol. The van der Waals surface area contributed by atoms with E-state index in [1.807, 2.05) is 6.07 Å². The van der Waals surface area contributed by atoms with Crippen molar-refractivity contribution in [1.82, 2.24) is 4.90 Å². The normalized spacial score (nSPS) is 31.6. The van der Waals surface area contributed by atoms with E-state index >= 15 is 0 Å². The summed E-state index contributed by atoms with van der Waals surface area (Å²) in [5.41, 5.74) is 0. The van der Waals surface area contributed by atoms with Gasteiger partial charge in [-0.05, 0) is 19.8 Å². The molecule has 0 spiro atoms. The molecule has 2 rings (SSSR count). The average molecular weight is 208 g/mol. The summed E-state index contributed by atoms with van der Waals surface area (Å²) in [7, 11) is 0. The highest BCUT2D eigenvalue weighted by Crippen LogP contribution is 2.29. The number of nitrogens with zero attached hydrogens (tertiary/aromatic N) is 2. The lowest BCUT2D eigenvalue weighted by molar-refractivity contribution is -0.170. The first-order valence-corrected chi connectivity index (χ1v) is 5.04. The van der Waals surface area contributed by atoms with Crippen molar-refractivity contribution in [3.63, 3.8) is 0 Å². The SMILES string of the molecule is CC(CC#N)N1C(=O)C2CCC(O2)C1=O. The van der Waals surface area contributed by atoms with E-state index in [0.717, 1.165) is 0 Å². The number of nitriles is 1. The highest BCUT2D eigenvalue weighted by atomic mass is 16.5. The molecule has 0 saturated carbocycles. The van der Waals surface area contributed by atoms with E-state index in [4.69, 9.17) is 10.00 Å². The summed E-state index contributed by atoms with van der Waals surface area (Å²) in [5, 5.41) is 8.56. The van der Waals surface area contributed by atoms with Crippen LogP contribution in [0, 0.1) is 11.3 Å². The Labute approximate surface area is 87.6 Å². The number of imide groups is 1. The van der Waals surface area contributed by atoms with Crippen LogP contribution >= 0.6 is 0 Å². The van der Waals surface area contributed by atoms with Gasteiger partial charge in [-0.3, -0.25) is 14.5 Å². The monoisotopic (exact) mass is 208 g/mol. The highest BCUT2D eigenvalue weighted by molar-refractivity contribution is 6.02. The summed E-state index contributed by atoms with van der Waals surface area (Å²) in [5.74, 6) is -0.562. The van der Waals surface area contributed by atoms with E-state index in [0.29, 0.717) is 12.8 Å². The second kappa shape index (κ2) is 3.63. The lowest BCUT2D eigenvalue weighted by Gasteiger charge is -2.33. The van der Waals surface area contributed by atoms with E-state index in [9.17, 15) is 9.59 Å². The fourth-order valence-corrected chi connectivity index (χ4v) is 2.08. The van der Waals surface area contributed by atoms with Gasteiger partial charge in [-0.15, -0.1) is 0 Å². The summed E-state index contributed by atoms with van der Waals surface area (Å²) in [6.07, 6.45) is 0.482. The van der Waals surface area contributed by atoms with Crippen molar-refractivity contribution in [2.24, 2.45) is 0 Å². The number of fused-ring (bicyclic) bond motifs is 2. The van der Waals surface area contributed by atoms with Crippen LogP contribution in [0.2, 0.25) is 0 Å². The number of amides is 2. The van der Waals surface area contributed by atoms with Crippen molar-refractivity contribution >= 4 is 11.8 Å². The van der Waals surface area contributed by atoms with Gasteiger partial charge in [-0.2, -0.15) is 5.26 Å². The van der Waals surface area contributed by atoms with Gasteiger partial charge in [-0.25, -0.2) is 0 Å². The maximum atomic E-state index is 11.8. The van der Waals surface area contributed by atoms with E-state index in [1.54, 1.807) is 6.92 Å². The molecule has 2 saturated heterocycles. The van der Waals surface area contributed by atoms with E-state index in [-0.39, 0.29) is 24.3 Å². The fraction of sp³-hybridized carbons (Fsp3) is 0.700. The molecule has 0 aliphatic carbocycles. The third-order valence-corrected chi connectivity index (χ3v) is 2.87. The van der Waals surface area contributed by atoms with E-state index < -0.39 is 12.2 Å². The minimum absolute atomic E-state index is 0.177. The van der Waals surface area contributed by atoms with Crippen molar-refractivity contribution in [1.29, 1.82) is 5.26 Å². The molecule has 2 heterocycles. The molecule has 2 bridgehead atoms. The Balaban J connectivity index is 2.20. The molecule has 2 aliphatic heterocycles. The molecule has 3 atom stereocenters. The molecule has 2 amide bonds. The van der Waals surface area contributed by atoms with Crippen LogP contribution in [-0.2, 0) is 14.3 Å². The fourth-order valence-electron chi connectivity index (χ4n) is 2.08. The maximum Gasteiger partial charge on any atom is 0.258 e. The molecule has 5 nitrogen and oxygen atoms in total. The lowest BCUT2D eigenvalue weighted by atomic mass is 10.1. The van der Waals surface area contributed by atoms with E-state index in [2.05, 4.69) is 0 Å². The smallest absolute Gasteiger partial charge is 0.258 e. The molecule has 0 N–H and O–H groups in total. The number of hydrogen-bond acceptors (Lipinski definition) is 4. The Hall–Kier alpha value is -1.41. The summed E-state index contributed by atoms with van der Waals surface area (Å²) in [4.78, 5) is 24.8. The summed E-state index contributed by atoms with van der Waals surface area (Å²) < 4.78 is 5.26. The standard InChI is InChI=1S/C10H12N2O3/c1-6(4-5-11)12-9(13)7-2-3-8(15-7)10(12)14/h6-8H,2-4H2,1H3. The van der Waals surface area contributed by atoms with Gasteiger partial charge in [-0.1, -0.05) is 0 Å². The number of ether oxygens (including phenoxy) is 1. The Morgan fingerprint density at radius 1 is 1.47 bits per heavy atom. The van der Waals surface area contributed by atoms with Crippen molar-refractivity contribution in [3.8, 4) is 6.07 Å². The van der Waals surface area contributed by atoms with Gasteiger partial charge in [0.2, 0.25) is 0 Å².